The number of fused-ring (bicyclic) bond motifs is 1. The zero-order valence-corrected chi connectivity index (χ0v) is 14.7. The normalized spacial score (nSPS) is 28.4. The van der Waals surface area contributed by atoms with E-state index in [4.69, 9.17) is 5.73 Å². The second kappa shape index (κ2) is 6.81. The van der Waals surface area contributed by atoms with Crippen molar-refractivity contribution in [1.82, 2.24) is 15.5 Å². The third-order valence-electron chi connectivity index (χ3n) is 5.76. The molecule has 1 aliphatic carbocycles. The highest BCUT2D eigenvalue weighted by Crippen LogP contribution is 2.30. The topological polar surface area (TPSA) is 105 Å². The summed E-state index contributed by atoms with van der Waals surface area (Å²) in [6.07, 6.45) is 3.88. The van der Waals surface area contributed by atoms with E-state index in [0.29, 0.717) is 25.1 Å². The molecule has 3 aliphatic rings. The van der Waals surface area contributed by atoms with Gasteiger partial charge in [0.15, 0.2) is 0 Å². The predicted molar refractivity (Wildman–Crippen MR) is 94.9 cm³/mol. The fourth-order valence-electron chi connectivity index (χ4n) is 4.32. The summed E-state index contributed by atoms with van der Waals surface area (Å²) >= 11 is 0. The molecule has 1 aromatic rings. The average Bonchev–Trinajstić information content (AvgIpc) is 3.17. The van der Waals surface area contributed by atoms with Gasteiger partial charge in [-0.05, 0) is 30.4 Å². The van der Waals surface area contributed by atoms with Crippen molar-refractivity contribution >= 4 is 17.7 Å². The molecule has 3 atom stereocenters. The fraction of sp³-hybridized carbons (Fsp3) is 0.526. The minimum atomic E-state index is -0.573. The van der Waals surface area contributed by atoms with Crippen LogP contribution >= 0.6 is 0 Å². The van der Waals surface area contributed by atoms with Crippen LogP contribution in [0.3, 0.4) is 0 Å². The first-order valence-corrected chi connectivity index (χ1v) is 9.29. The molecule has 1 aromatic carbocycles. The molecule has 2 fully saturated rings. The van der Waals surface area contributed by atoms with Crippen LogP contribution in [0.4, 0.5) is 0 Å². The average molecular weight is 356 g/mol. The molecule has 2 aliphatic heterocycles. The second-order valence-corrected chi connectivity index (χ2v) is 7.43. The van der Waals surface area contributed by atoms with Crippen molar-refractivity contribution in [3.63, 3.8) is 0 Å². The number of carbonyl (C=O) groups excluding carboxylic acids is 3. The summed E-state index contributed by atoms with van der Waals surface area (Å²) in [7, 11) is 0. The van der Waals surface area contributed by atoms with Crippen LogP contribution in [-0.4, -0.2) is 40.7 Å². The minimum Gasteiger partial charge on any atom is -0.326 e. The molecule has 0 bridgehead atoms. The van der Waals surface area contributed by atoms with Gasteiger partial charge in [-0.25, -0.2) is 0 Å². The Bertz CT molecular complexity index is 763. The van der Waals surface area contributed by atoms with E-state index in [1.807, 2.05) is 18.2 Å². The number of nitrogens with one attached hydrogen (secondary N) is 2. The third kappa shape index (κ3) is 3.01. The number of imide groups is 1. The largest absolute Gasteiger partial charge is 0.326 e. The number of nitrogens with two attached hydrogens (primary N) is 1. The van der Waals surface area contributed by atoms with Crippen LogP contribution in [-0.2, 0) is 22.7 Å². The van der Waals surface area contributed by atoms with Crippen molar-refractivity contribution in [1.29, 1.82) is 0 Å². The lowest BCUT2D eigenvalue weighted by Gasteiger charge is -2.29. The summed E-state index contributed by atoms with van der Waals surface area (Å²) in [5.41, 5.74) is 8.70. The molecule has 7 heteroatoms. The molecule has 1 saturated heterocycles. The number of piperidine rings is 1. The van der Waals surface area contributed by atoms with E-state index in [0.717, 1.165) is 30.4 Å². The zero-order valence-electron chi connectivity index (χ0n) is 14.7. The van der Waals surface area contributed by atoms with Gasteiger partial charge in [-0.2, -0.15) is 0 Å². The molecule has 0 spiro atoms. The first-order chi connectivity index (χ1) is 12.5. The van der Waals surface area contributed by atoms with Crippen molar-refractivity contribution in [2.75, 3.05) is 0 Å². The summed E-state index contributed by atoms with van der Waals surface area (Å²) in [5.74, 6) is -0.769. The van der Waals surface area contributed by atoms with Gasteiger partial charge in [-0.15, -0.1) is 0 Å². The van der Waals surface area contributed by atoms with E-state index in [-0.39, 0.29) is 36.2 Å². The highest BCUT2D eigenvalue weighted by molar-refractivity contribution is 6.05. The number of carbonyl (C=O) groups is 3. The summed E-state index contributed by atoms with van der Waals surface area (Å²) in [6.45, 7) is 1.01. The lowest BCUT2D eigenvalue weighted by Crippen LogP contribution is -2.52. The molecule has 1 unspecified atom stereocenters. The lowest BCUT2D eigenvalue weighted by atomic mass is 10.0. The zero-order chi connectivity index (χ0) is 18.3. The quantitative estimate of drug-likeness (QED) is 0.678. The van der Waals surface area contributed by atoms with Crippen LogP contribution in [0.25, 0.3) is 0 Å². The number of nitrogens with zero attached hydrogens (tertiary/aromatic N) is 1. The van der Waals surface area contributed by atoms with Crippen LogP contribution in [0.2, 0.25) is 0 Å². The van der Waals surface area contributed by atoms with Crippen molar-refractivity contribution in [2.45, 2.75) is 63.3 Å². The summed E-state index contributed by atoms with van der Waals surface area (Å²) in [4.78, 5) is 38.1. The Hall–Kier alpha value is -2.25. The number of benzene rings is 1. The van der Waals surface area contributed by atoms with E-state index in [1.165, 1.54) is 0 Å². The first kappa shape index (κ1) is 17.2. The number of rotatable bonds is 4. The van der Waals surface area contributed by atoms with Crippen LogP contribution in [0.15, 0.2) is 18.2 Å². The van der Waals surface area contributed by atoms with Gasteiger partial charge in [0.2, 0.25) is 11.8 Å². The minimum absolute atomic E-state index is 0.123. The molecule has 0 radical (unpaired) electrons. The van der Waals surface area contributed by atoms with E-state index in [1.54, 1.807) is 4.90 Å². The van der Waals surface area contributed by atoms with Gasteiger partial charge in [0, 0.05) is 37.2 Å². The predicted octanol–water partition coefficient (Wildman–Crippen LogP) is 0.417. The first-order valence-electron chi connectivity index (χ1n) is 9.29. The number of amides is 3. The fourth-order valence-corrected chi connectivity index (χ4v) is 4.32. The molecule has 26 heavy (non-hydrogen) atoms. The summed E-state index contributed by atoms with van der Waals surface area (Å²) in [5, 5.41) is 5.82. The van der Waals surface area contributed by atoms with Gasteiger partial charge < -0.3 is 16.0 Å². The van der Waals surface area contributed by atoms with E-state index in [9.17, 15) is 14.4 Å². The Morgan fingerprint density at radius 3 is 2.77 bits per heavy atom. The van der Waals surface area contributed by atoms with Gasteiger partial charge in [0.1, 0.15) is 6.04 Å². The van der Waals surface area contributed by atoms with E-state index < -0.39 is 6.04 Å². The maximum Gasteiger partial charge on any atom is 0.255 e. The van der Waals surface area contributed by atoms with Crippen molar-refractivity contribution < 1.29 is 14.4 Å². The molecule has 0 aromatic heterocycles. The third-order valence-corrected chi connectivity index (χ3v) is 5.76. The number of hydrogen-bond donors (Lipinski definition) is 3. The maximum atomic E-state index is 13.0. The maximum absolute atomic E-state index is 13.0. The van der Waals surface area contributed by atoms with Crippen LogP contribution in [0, 0.1) is 0 Å². The molecular weight excluding hydrogens is 332 g/mol. The molecule has 4 rings (SSSR count). The monoisotopic (exact) mass is 356 g/mol. The Morgan fingerprint density at radius 1 is 1.19 bits per heavy atom. The van der Waals surface area contributed by atoms with Crippen LogP contribution < -0.4 is 16.4 Å². The smallest absolute Gasteiger partial charge is 0.255 e. The van der Waals surface area contributed by atoms with Crippen molar-refractivity contribution in [2.24, 2.45) is 5.73 Å². The molecule has 3 amide bonds. The Labute approximate surface area is 152 Å². The molecule has 1 saturated carbocycles. The lowest BCUT2D eigenvalue weighted by molar-refractivity contribution is -0.136. The molecule has 2 heterocycles. The van der Waals surface area contributed by atoms with Gasteiger partial charge in [-0.3, -0.25) is 19.7 Å². The van der Waals surface area contributed by atoms with Crippen LogP contribution in [0.5, 0.6) is 0 Å². The van der Waals surface area contributed by atoms with Gasteiger partial charge in [0.25, 0.3) is 5.91 Å². The Morgan fingerprint density at radius 2 is 2.04 bits per heavy atom. The van der Waals surface area contributed by atoms with E-state index >= 15 is 0 Å². The summed E-state index contributed by atoms with van der Waals surface area (Å²) < 4.78 is 0. The van der Waals surface area contributed by atoms with Gasteiger partial charge in [-0.1, -0.05) is 24.6 Å². The number of hydrogen-bond acceptors (Lipinski definition) is 5. The Kier molecular flexibility index (Phi) is 4.50. The van der Waals surface area contributed by atoms with Gasteiger partial charge in [0.05, 0.1) is 0 Å². The molecule has 7 nitrogen and oxygen atoms in total. The molecular formula is C19H24N4O3. The molecule has 4 N–H and O–H groups in total. The van der Waals surface area contributed by atoms with Crippen molar-refractivity contribution in [3.8, 4) is 0 Å². The molecule has 138 valence electrons. The van der Waals surface area contributed by atoms with Crippen LogP contribution in [0.1, 0.15) is 53.6 Å². The summed E-state index contributed by atoms with van der Waals surface area (Å²) in [6, 6.07) is 5.72. The standard InChI is InChI=1S/C19H24N4O3/c20-13-5-2-6-14(13)21-9-11-3-1-4-12-10-23(19(26)17(11)12)15-7-8-16(24)22-18(15)25/h1,3-4,13-15,21H,2,5-10,20H2,(H,22,24,25)/t13-,14-,15?/m0/s1. The highest BCUT2D eigenvalue weighted by atomic mass is 16.2. The van der Waals surface area contributed by atoms with E-state index in [2.05, 4.69) is 10.6 Å². The highest BCUT2D eigenvalue weighted by Gasteiger charge is 2.40. The second-order valence-electron chi connectivity index (χ2n) is 7.43. The van der Waals surface area contributed by atoms with Gasteiger partial charge >= 0.3 is 0 Å². The SMILES string of the molecule is N[C@H]1CCC[C@@H]1NCc1cccc2c1C(=O)N(C1CCC(=O)NC1=O)C2. The Balaban J connectivity index is 1.51. The van der Waals surface area contributed by atoms with Crippen molar-refractivity contribution in [3.05, 3.63) is 34.9 Å².